The highest BCUT2D eigenvalue weighted by molar-refractivity contribution is 7.93. The largest absolute Gasteiger partial charge is 0.355 e. The van der Waals surface area contributed by atoms with E-state index < -0.39 is 10.0 Å². The second-order valence-electron chi connectivity index (χ2n) is 8.19. The Morgan fingerprint density at radius 1 is 0.788 bits per heavy atom. The number of hydrogen-bond donors (Lipinski definition) is 1. The van der Waals surface area contributed by atoms with Crippen LogP contribution in [0, 0.1) is 0 Å². The number of rotatable bonds is 5. The molecule has 0 radical (unpaired) electrons. The maximum atomic E-state index is 13.0. The summed E-state index contributed by atoms with van der Waals surface area (Å²) >= 11 is 0. The first-order chi connectivity index (χ1) is 16.1. The third-order valence-electron chi connectivity index (χ3n) is 5.90. The molecule has 1 aliphatic heterocycles. The van der Waals surface area contributed by atoms with E-state index in [2.05, 4.69) is 24.8 Å². The molecule has 1 aliphatic rings. The summed E-state index contributed by atoms with van der Waals surface area (Å²) in [5, 5.41) is 9.61. The van der Waals surface area contributed by atoms with E-state index in [9.17, 15) is 8.42 Å². The molecule has 0 saturated carbocycles. The topological polar surface area (TPSA) is 88.1 Å². The molecule has 0 unspecified atom stereocenters. The van der Waals surface area contributed by atoms with Gasteiger partial charge in [0.2, 0.25) is 0 Å². The molecule has 0 bridgehead atoms. The van der Waals surface area contributed by atoms with Gasteiger partial charge in [-0.1, -0.05) is 43.2 Å². The lowest BCUT2D eigenvalue weighted by Crippen LogP contribution is -2.25. The Labute approximate surface area is 193 Å². The van der Waals surface area contributed by atoms with Crippen molar-refractivity contribution in [3.8, 4) is 11.3 Å². The lowest BCUT2D eigenvalue weighted by atomic mass is 10.1. The van der Waals surface area contributed by atoms with Gasteiger partial charge in [0.05, 0.1) is 11.2 Å². The number of nitrogens with one attached hydrogen (secondary N) is 1. The van der Waals surface area contributed by atoms with Crippen LogP contribution in [0.25, 0.3) is 22.2 Å². The molecule has 3 heterocycles. The smallest absolute Gasteiger partial charge is 0.264 e. The van der Waals surface area contributed by atoms with Crippen molar-refractivity contribution in [3.05, 3.63) is 72.9 Å². The van der Waals surface area contributed by atoms with E-state index in [0.29, 0.717) is 11.2 Å². The van der Waals surface area contributed by atoms with Gasteiger partial charge < -0.3 is 4.90 Å². The normalized spacial score (nSPS) is 14.7. The molecule has 0 atom stereocenters. The maximum absolute atomic E-state index is 13.0. The van der Waals surface area contributed by atoms with Crippen LogP contribution in [0.1, 0.15) is 25.7 Å². The molecule has 1 fully saturated rings. The highest BCUT2D eigenvalue weighted by Gasteiger charge is 2.18. The lowest BCUT2D eigenvalue weighted by molar-refractivity contribution is 0.602. The molecule has 33 heavy (non-hydrogen) atoms. The number of sulfonamides is 1. The van der Waals surface area contributed by atoms with Gasteiger partial charge in [0.1, 0.15) is 4.90 Å². The minimum Gasteiger partial charge on any atom is -0.355 e. The van der Waals surface area contributed by atoms with Gasteiger partial charge in [-0.15, -0.1) is 10.2 Å². The van der Waals surface area contributed by atoms with E-state index in [-0.39, 0.29) is 4.90 Å². The van der Waals surface area contributed by atoms with Gasteiger partial charge in [0.15, 0.2) is 5.82 Å². The number of aromatic nitrogens is 3. The SMILES string of the molecule is O=S(=O)(Nc1ccc(-c2ccc(N3CCCCCC3)nn2)cc1)c1cccc2cccnc12. The average molecular weight is 460 g/mol. The number of fused-ring (bicyclic) bond motifs is 1. The fraction of sp³-hybridized carbons (Fsp3) is 0.240. The predicted octanol–water partition coefficient (Wildman–Crippen LogP) is 4.87. The first-order valence-corrected chi connectivity index (χ1v) is 12.6. The number of hydrogen-bond acceptors (Lipinski definition) is 6. The molecule has 168 valence electrons. The molecular weight excluding hydrogens is 434 g/mol. The van der Waals surface area contributed by atoms with Crippen LogP contribution in [0.5, 0.6) is 0 Å². The Morgan fingerprint density at radius 3 is 2.27 bits per heavy atom. The van der Waals surface area contributed by atoms with Crippen molar-refractivity contribution >= 4 is 32.4 Å². The lowest BCUT2D eigenvalue weighted by Gasteiger charge is -2.20. The van der Waals surface area contributed by atoms with Gasteiger partial charge in [-0.3, -0.25) is 9.71 Å². The van der Waals surface area contributed by atoms with E-state index in [4.69, 9.17) is 0 Å². The van der Waals surface area contributed by atoms with Crippen LogP contribution in [0.4, 0.5) is 11.5 Å². The van der Waals surface area contributed by atoms with Crippen molar-refractivity contribution < 1.29 is 8.42 Å². The first-order valence-electron chi connectivity index (χ1n) is 11.2. The molecule has 2 aromatic carbocycles. The first kappa shape index (κ1) is 21.3. The number of nitrogens with zero attached hydrogens (tertiary/aromatic N) is 4. The zero-order valence-corrected chi connectivity index (χ0v) is 19.0. The summed E-state index contributed by atoms with van der Waals surface area (Å²) in [5.41, 5.74) is 2.55. The van der Waals surface area contributed by atoms with E-state index in [1.807, 2.05) is 36.4 Å². The van der Waals surface area contributed by atoms with Crippen LogP contribution < -0.4 is 9.62 Å². The van der Waals surface area contributed by atoms with Gasteiger partial charge in [0, 0.05) is 35.9 Å². The molecule has 0 spiro atoms. The number of anilines is 2. The fourth-order valence-electron chi connectivity index (χ4n) is 4.16. The fourth-order valence-corrected chi connectivity index (χ4v) is 5.40. The Balaban J connectivity index is 1.33. The van der Waals surface area contributed by atoms with Gasteiger partial charge >= 0.3 is 0 Å². The Kier molecular flexibility index (Phi) is 5.92. The van der Waals surface area contributed by atoms with Crippen molar-refractivity contribution in [3.63, 3.8) is 0 Å². The van der Waals surface area contributed by atoms with Crippen molar-refractivity contribution in [2.75, 3.05) is 22.7 Å². The highest BCUT2D eigenvalue weighted by Crippen LogP contribution is 2.25. The molecule has 4 aromatic rings. The van der Waals surface area contributed by atoms with Crippen molar-refractivity contribution in [2.45, 2.75) is 30.6 Å². The number of benzene rings is 2. The average Bonchev–Trinajstić information content (AvgIpc) is 3.14. The third-order valence-corrected chi connectivity index (χ3v) is 7.31. The van der Waals surface area contributed by atoms with Crippen molar-refractivity contribution in [2.24, 2.45) is 0 Å². The molecule has 1 N–H and O–H groups in total. The van der Waals surface area contributed by atoms with Gasteiger partial charge in [-0.2, -0.15) is 0 Å². The van der Waals surface area contributed by atoms with E-state index in [1.165, 1.54) is 25.7 Å². The zero-order chi connectivity index (χ0) is 22.7. The molecule has 8 heteroatoms. The minimum absolute atomic E-state index is 0.152. The summed E-state index contributed by atoms with van der Waals surface area (Å²) in [6.07, 6.45) is 6.52. The summed E-state index contributed by atoms with van der Waals surface area (Å²) in [5.74, 6) is 0.911. The van der Waals surface area contributed by atoms with Crippen LogP contribution in [0.2, 0.25) is 0 Å². The van der Waals surface area contributed by atoms with Crippen molar-refractivity contribution in [1.29, 1.82) is 0 Å². The number of para-hydroxylation sites is 1. The Hall–Kier alpha value is -3.52. The molecular formula is C25H25N5O2S. The molecule has 7 nitrogen and oxygen atoms in total. The van der Waals surface area contributed by atoms with Gasteiger partial charge in [0.25, 0.3) is 10.0 Å². The summed E-state index contributed by atoms with van der Waals surface area (Å²) in [6, 6.07) is 19.9. The second-order valence-corrected chi connectivity index (χ2v) is 9.84. The standard InChI is InChI=1S/C25H25N5O2S/c31-33(32,23-9-5-7-20-8-6-16-26-25(20)23)29-21-12-10-19(11-13-21)22-14-15-24(28-27-22)30-17-3-1-2-4-18-30/h5-16,29H,1-4,17-18H2. The quantitative estimate of drug-likeness (QED) is 0.458. The van der Waals surface area contributed by atoms with Crippen LogP contribution >= 0.6 is 0 Å². The molecule has 5 rings (SSSR count). The zero-order valence-electron chi connectivity index (χ0n) is 18.2. The van der Waals surface area contributed by atoms with Gasteiger partial charge in [-0.25, -0.2) is 8.42 Å². The summed E-state index contributed by atoms with van der Waals surface area (Å²) in [6.45, 7) is 2.05. The summed E-state index contributed by atoms with van der Waals surface area (Å²) in [4.78, 5) is 6.70. The van der Waals surface area contributed by atoms with Crippen LogP contribution in [-0.2, 0) is 10.0 Å². The van der Waals surface area contributed by atoms with E-state index >= 15 is 0 Å². The highest BCUT2D eigenvalue weighted by atomic mass is 32.2. The van der Waals surface area contributed by atoms with Crippen molar-refractivity contribution in [1.82, 2.24) is 15.2 Å². The van der Waals surface area contributed by atoms with Crippen LogP contribution in [-0.4, -0.2) is 36.7 Å². The second kappa shape index (κ2) is 9.15. The van der Waals surface area contributed by atoms with Crippen LogP contribution in [0.3, 0.4) is 0 Å². The Bertz CT molecular complexity index is 1340. The monoisotopic (exact) mass is 459 g/mol. The summed E-state index contributed by atoms with van der Waals surface area (Å²) < 4.78 is 28.7. The Morgan fingerprint density at radius 2 is 1.55 bits per heavy atom. The molecule has 2 aromatic heterocycles. The molecule has 0 amide bonds. The van der Waals surface area contributed by atoms with Crippen LogP contribution in [0.15, 0.2) is 77.8 Å². The van der Waals surface area contributed by atoms with Gasteiger partial charge in [-0.05, 0) is 49.2 Å². The third kappa shape index (κ3) is 4.66. The molecule has 1 saturated heterocycles. The minimum atomic E-state index is -3.78. The molecule has 0 aliphatic carbocycles. The van der Waals surface area contributed by atoms with E-state index in [0.717, 1.165) is 35.6 Å². The maximum Gasteiger partial charge on any atom is 0.264 e. The summed E-state index contributed by atoms with van der Waals surface area (Å²) in [7, 11) is -3.78. The predicted molar refractivity (Wildman–Crippen MR) is 131 cm³/mol. The number of pyridine rings is 1. The van der Waals surface area contributed by atoms with E-state index in [1.54, 1.807) is 36.5 Å².